The number of para-hydroxylation sites is 1. The Morgan fingerprint density at radius 3 is 2.33 bits per heavy atom. The van der Waals surface area contributed by atoms with Gasteiger partial charge < -0.3 is 10.1 Å². The van der Waals surface area contributed by atoms with Gasteiger partial charge in [-0.3, -0.25) is 9.00 Å². The number of rotatable bonds is 6. The molecule has 0 saturated heterocycles. The fraction of sp³-hybridized carbons (Fsp3) is 0.200. The Bertz CT molecular complexity index is 1230. The molecule has 0 heterocycles. The SMILES string of the molecule is CC(=Nc1ccccc1C)NC(=O)C(C)(Oc1ccc(F)cc1F)c1ccc(S(C)=O)cc1. The van der Waals surface area contributed by atoms with Crippen LogP contribution in [0.3, 0.4) is 0 Å². The molecule has 3 aromatic rings. The molecule has 0 aromatic heterocycles. The maximum atomic E-state index is 14.4. The fourth-order valence-corrected chi connectivity index (χ4v) is 3.68. The Kier molecular flexibility index (Phi) is 7.38. The molecule has 0 aliphatic heterocycles. The first-order valence-electron chi connectivity index (χ1n) is 10.1. The standard InChI is InChI=1S/C25H24F2N2O3S/c1-16-7-5-6-8-22(16)28-17(2)29-24(30)25(3,18-9-12-20(13-10-18)33(4)31)32-23-14-11-19(26)15-21(23)27/h5-15H,1-4H3,(H,28,29,30). The summed E-state index contributed by atoms with van der Waals surface area (Å²) in [5, 5.41) is 2.71. The molecule has 0 aliphatic carbocycles. The summed E-state index contributed by atoms with van der Waals surface area (Å²) in [5.74, 6) is -2.28. The van der Waals surface area contributed by atoms with Crippen molar-refractivity contribution in [3.63, 3.8) is 0 Å². The van der Waals surface area contributed by atoms with E-state index in [1.807, 2.05) is 31.2 Å². The number of nitrogens with one attached hydrogen (secondary N) is 1. The second-order valence-corrected chi connectivity index (χ2v) is 9.01. The van der Waals surface area contributed by atoms with Crippen LogP contribution in [-0.4, -0.2) is 22.2 Å². The molecule has 5 nitrogen and oxygen atoms in total. The van der Waals surface area contributed by atoms with E-state index in [9.17, 15) is 17.8 Å². The monoisotopic (exact) mass is 470 g/mol. The van der Waals surface area contributed by atoms with Gasteiger partial charge in [0, 0.05) is 33.6 Å². The quantitative estimate of drug-likeness (QED) is 0.399. The van der Waals surface area contributed by atoms with Crippen LogP contribution in [0.4, 0.5) is 14.5 Å². The van der Waals surface area contributed by atoms with Crippen molar-refractivity contribution in [3.05, 3.63) is 89.5 Å². The highest BCUT2D eigenvalue weighted by atomic mass is 32.2. The number of ether oxygens (including phenoxy) is 1. The molecule has 33 heavy (non-hydrogen) atoms. The molecule has 0 fully saturated rings. The number of halogens is 2. The predicted molar refractivity (Wildman–Crippen MR) is 125 cm³/mol. The summed E-state index contributed by atoms with van der Waals surface area (Å²) >= 11 is 0. The third kappa shape index (κ3) is 5.70. The van der Waals surface area contributed by atoms with E-state index in [4.69, 9.17) is 4.74 Å². The molecule has 0 spiro atoms. The molecule has 3 rings (SSSR count). The fourth-order valence-electron chi connectivity index (χ4n) is 3.16. The van der Waals surface area contributed by atoms with E-state index >= 15 is 0 Å². The normalized spacial score (nSPS) is 14.3. The summed E-state index contributed by atoms with van der Waals surface area (Å²) in [6.07, 6.45) is 1.54. The lowest BCUT2D eigenvalue weighted by molar-refractivity contribution is -0.134. The minimum Gasteiger partial charge on any atom is -0.470 e. The van der Waals surface area contributed by atoms with E-state index in [0.29, 0.717) is 28.0 Å². The van der Waals surface area contributed by atoms with Crippen LogP contribution in [0.25, 0.3) is 0 Å². The van der Waals surface area contributed by atoms with Crippen LogP contribution < -0.4 is 10.1 Å². The van der Waals surface area contributed by atoms with Gasteiger partial charge in [-0.2, -0.15) is 0 Å². The number of hydrogen-bond acceptors (Lipinski definition) is 4. The Hall–Kier alpha value is -3.39. The van der Waals surface area contributed by atoms with Gasteiger partial charge in [0.1, 0.15) is 11.7 Å². The first-order chi connectivity index (χ1) is 15.6. The average molecular weight is 471 g/mol. The van der Waals surface area contributed by atoms with Crippen LogP contribution >= 0.6 is 0 Å². The predicted octanol–water partition coefficient (Wildman–Crippen LogP) is 5.17. The Morgan fingerprint density at radius 1 is 1.06 bits per heavy atom. The number of benzene rings is 3. The second kappa shape index (κ2) is 10.0. The number of hydrogen-bond donors (Lipinski definition) is 1. The van der Waals surface area contributed by atoms with Gasteiger partial charge in [-0.05, 0) is 56.7 Å². The molecular formula is C25H24F2N2O3S. The molecule has 2 atom stereocenters. The molecule has 0 saturated carbocycles. The highest BCUT2D eigenvalue weighted by Gasteiger charge is 2.39. The highest BCUT2D eigenvalue weighted by molar-refractivity contribution is 7.84. The molecule has 0 bridgehead atoms. The summed E-state index contributed by atoms with van der Waals surface area (Å²) in [6.45, 7) is 5.01. The van der Waals surface area contributed by atoms with Crippen LogP contribution in [-0.2, 0) is 21.2 Å². The Labute approximate surface area is 194 Å². The first-order valence-corrected chi connectivity index (χ1v) is 11.7. The number of amides is 1. The van der Waals surface area contributed by atoms with Crippen molar-refractivity contribution in [1.29, 1.82) is 0 Å². The van der Waals surface area contributed by atoms with E-state index in [1.54, 1.807) is 31.2 Å². The van der Waals surface area contributed by atoms with Crippen molar-refractivity contribution in [2.24, 2.45) is 4.99 Å². The molecule has 8 heteroatoms. The van der Waals surface area contributed by atoms with Gasteiger partial charge in [0.15, 0.2) is 11.6 Å². The number of aliphatic imine (C=N–C) groups is 1. The van der Waals surface area contributed by atoms with Crippen LogP contribution in [0.15, 0.2) is 76.6 Å². The summed E-state index contributed by atoms with van der Waals surface area (Å²) in [6, 6.07) is 16.7. The third-order valence-electron chi connectivity index (χ3n) is 5.08. The van der Waals surface area contributed by atoms with Gasteiger partial charge in [-0.15, -0.1) is 0 Å². The third-order valence-corrected chi connectivity index (χ3v) is 6.01. The van der Waals surface area contributed by atoms with E-state index in [1.165, 1.54) is 13.2 Å². The lowest BCUT2D eigenvalue weighted by atomic mass is 9.94. The van der Waals surface area contributed by atoms with Gasteiger partial charge in [0.05, 0.1) is 5.69 Å². The Balaban J connectivity index is 1.99. The summed E-state index contributed by atoms with van der Waals surface area (Å²) < 4.78 is 45.3. The van der Waals surface area contributed by atoms with E-state index < -0.39 is 33.9 Å². The van der Waals surface area contributed by atoms with Gasteiger partial charge in [0.25, 0.3) is 5.91 Å². The van der Waals surface area contributed by atoms with Crippen LogP contribution in [0.2, 0.25) is 0 Å². The maximum Gasteiger partial charge on any atom is 0.273 e. The number of aryl methyl sites for hydroxylation is 1. The van der Waals surface area contributed by atoms with Crippen molar-refractivity contribution in [2.75, 3.05) is 6.26 Å². The largest absolute Gasteiger partial charge is 0.470 e. The van der Waals surface area contributed by atoms with E-state index in [2.05, 4.69) is 10.3 Å². The zero-order valence-electron chi connectivity index (χ0n) is 18.7. The summed E-state index contributed by atoms with van der Waals surface area (Å²) in [5.41, 5.74) is 0.315. The lowest BCUT2D eigenvalue weighted by Gasteiger charge is -2.30. The summed E-state index contributed by atoms with van der Waals surface area (Å²) in [4.78, 5) is 18.4. The number of carbonyl (C=O) groups excluding carboxylic acids is 1. The van der Waals surface area contributed by atoms with Gasteiger partial charge in [-0.1, -0.05) is 30.3 Å². The number of nitrogens with zero attached hydrogens (tertiary/aromatic N) is 1. The molecule has 3 aromatic carbocycles. The van der Waals surface area contributed by atoms with Crippen molar-refractivity contribution in [3.8, 4) is 5.75 Å². The van der Waals surface area contributed by atoms with Gasteiger partial charge in [-0.25, -0.2) is 13.8 Å². The zero-order chi connectivity index (χ0) is 24.2. The highest BCUT2D eigenvalue weighted by Crippen LogP contribution is 2.31. The molecule has 0 aliphatic rings. The topological polar surface area (TPSA) is 67.8 Å². The van der Waals surface area contributed by atoms with Crippen molar-refractivity contribution in [2.45, 2.75) is 31.3 Å². The molecule has 1 N–H and O–H groups in total. The van der Waals surface area contributed by atoms with Gasteiger partial charge in [0.2, 0.25) is 5.60 Å². The van der Waals surface area contributed by atoms with Crippen molar-refractivity contribution in [1.82, 2.24) is 5.32 Å². The van der Waals surface area contributed by atoms with E-state index in [0.717, 1.165) is 17.7 Å². The lowest BCUT2D eigenvalue weighted by Crippen LogP contribution is -2.48. The number of amidine groups is 1. The summed E-state index contributed by atoms with van der Waals surface area (Å²) in [7, 11) is -1.22. The van der Waals surface area contributed by atoms with Crippen LogP contribution in [0.1, 0.15) is 25.0 Å². The van der Waals surface area contributed by atoms with Gasteiger partial charge >= 0.3 is 0 Å². The Morgan fingerprint density at radius 2 is 1.73 bits per heavy atom. The minimum atomic E-state index is -1.70. The maximum absolute atomic E-state index is 14.4. The van der Waals surface area contributed by atoms with Crippen LogP contribution in [0.5, 0.6) is 5.75 Å². The van der Waals surface area contributed by atoms with Crippen molar-refractivity contribution < 1.29 is 22.5 Å². The van der Waals surface area contributed by atoms with E-state index in [-0.39, 0.29) is 5.75 Å². The zero-order valence-corrected chi connectivity index (χ0v) is 19.5. The molecule has 1 amide bonds. The smallest absolute Gasteiger partial charge is 0.273 e. The first kappa shape index (κ1) is 24.3. The average Bonchev–Trinajstić information content (AvgIpc) is 2.77. The second-order valence-electron chi connectivity index (χ2n) is 7.63. The molecule has 2 unspecified atom stereocenters. The van der Waals surface area contributed by atoms with Crippen LogP contribution in [0, 0.1) is 18.6 Å². The molecule has 172 valence electrons. The van der Waals surface area contributed by atoms with Crippen molar-refractivity contribution >= 4 is 28.2 Å². The minimum absolute atomic E-state index is 0.286. The number of carbonyl (C=O) groups is 1. The molecule has 0 radical (unpaired) electrons. The molecular weight excluding hydrogens is 446 g/mol.